The predicted octanol–water partition coefficient (Wildman–Crippen LogP) is 1.18. The highest BCUT2D eigenvalue weighted by atomic mass is 16.3. The SMILES string of the molecule is CCC(C)NCC(=O)NCc1cccc(CO)c1. The van der Waals surface area contributed by atoms with Crippen LogP contribution in [0.25, 0.3) is 0 Å². The molecule has 4 heteroatoms. The summed E-state index contributed by atoms with van der Waals surface area (Å²) in [4.78, 5) is 11.6. The summed E-state index contributed by atoms with van der Waals surface area (Å²) in [6.07, 6.45) is 1.01. The Labute approximate surface area is 108 Å². The molecule has 0 aliphatic carbocycles. The van der Waals surface area contributed by atoms with Crippen molar-refractivity contribution < 1.29 is 9.90 Å². The Kier molecular flexibility index (Phi) is 6.39. The third kappa shape index (κ3) is 5.29. The van der Waals surface area contributed by atoms with Crippen LogP contribution in [0.4, 0.5) is 0 Å². The number of carbonyl (C=O) groups is 1. The van der Waals surface area contributed by atoms with E-state index in [2.05, 4.69) is 24.5 Å². The number of aliphatic hydroxyl groups is 1. The number of hydrogen-bond donors (Lipinski definition) is 3. The van der Waals surface area contributed by atoms with Crippen LogP contribution >= 0.6 is 0 Å². The smallest absolute Gasteiger partial charge is 0.234 e. The summed E-state index contributed by atoms with van der Waals surface area (Å²) in [7, 11) is 0. The zero-order valence-corrected chi connectivity index (χ0v) is 11.1. The first-order chi connectivity index (χ1) is 8.65. The van der Waals surface area contributed by atoms with E-state index in [1.165, 1.54) is 0 Å². The molecule has 0 saturated carbocycles. The summed E-state index contributed by atoms with van der Waals surface area (Å²) in [6, 6.07) is 7.91. The minimum atomic E-state index is -0.00954. The van der Waals surface area contributed by atoms with Crippen LogP contribution in [-0.2, 0) is 17.9 Å². The van der Waals surface area contributed by atoms with Crippen molar-refractivity contribution in [3.05, 3.63) is 35.4 Å². The molecule has 1 aromatic rings. The van der Waals surface area contributed by atoms with Gasteiger partial charge in [-0.3, -0.25) is 4.79 Å². The van der Waals surface area contributed by atoms with Crippen molar-refractivity contribution in [3.63, 3.8) is 0 Å². The Morgan fingerprint density at radius 1 is 1.39 bits per heavy atom. The van der Waals surface area contributed by atoms with Gasteiger partial charge < -0.3 is 15.7 Å². The molecule has 3 N–H and O–H groups in total. The maximum absolute atomic E-state index is 11.6. The summed E-state index contributed by atoms with van der Waals surface area (Å²) in [5.74, 6) is -0.00954. The van der Waals surface area contributed by atoms with E-state index in [1.54, 1.807) is 0 Å². The Bertz CT molecular complexity index is 380. The lowest BCUT2D eigenvalue weighted by atomic mass is 10.1. The molecule has 0 radical (unpaired) electrons. The zero-order chi connectivity index (χ0) is 13.4. The van der Waals surface area contributed by atoms with Crippen molar-refractivity contribution in [2.24, 2.45) is 0 Å². The quantitative estimate of drug-likeness (QED) is 0.681. The van der Waals surface area contributed by atoms with E-state index in [9.17, 15) is 4.79 Å². The molecule has 0 aliphatic rings. The molecule has 1 unspecified atom stereocenters. The van der Waals surface area contributed by atoms with Gasteiger partial charge in [0.2, 0.25) is 5.91 Å². The van der Waals surface area contributed by atoms with Crippen LogP contribution in [0, 0.1) is 0 Å². The molecule has 1 atom stereocenters. The van der Waals surface area contributed by atoms with Crippen LogP contribution in [0.5, 0.6) is 0 Å². The second-order valence-electron chi connectivity index (χ2n) is 4.44. The van der Waals surface area contributed by atoms with E-state index in [4.69, 9.17) is 5.11 Å². The lowest BCUT2D eigenvalue weighted by Gasteiger charge is -2.11. The molecular weight excluding hydrogens is 228 g/mol. The van der Waals surface area contributed by atoms with Crippen LogP contribution in [-0.4, -0.2) is 23.6 Å². The fraction of sp³-hybridized carbons (Fsp3) is 0.500. The number of hydrogen-bond acceptors (Lipinski definition) is 3. The van der Waals surface area contributed by atoms with Gasteiger partial charge in [0.15, 0.2) is 0 Å². The molecule has 1 amide bonds. The highest BCUT2D eigenvalue weighted by Crippen LogP contribution is 2.04. The van der Waals surface area contributed by atoms with Crippen molar-refractivity contribution in [1.29, 1.82) is 0 Å². The van der Waals surface area contributed by atoms with Crippen molar-refractivity contribution >= 4 is 5.91 Å². The van der Waals surface area contributed by atoms with E-state index in [0.29, 0.717) is 19.1 Å². The minimum absolute atomic E-state index is 0.00954. The summed E-state index contributed by atoms with van der Waals surface area (Å²) < 4.78 is 0. The number of benzene rings is 1. The molecule has 0 aliphatic heterocycles. The first-order valence-corrected chi connectivity index (χ1v) is 6.34. The predicted molar refractivity (Wildman–Crippen MR) is 72.0 cm³/mol. The van der Waals surface area contributed by atoms with Crippen LogP contribution in [0.2, 0.25) is 0 Å². The van der Waals surface area contributed by atoms with Crippen molar-refractivity contribution in [2.45, 2.75) is 39.5 Å². The molecule has 0 fully saturated rings. The topological polar surface area (TPSA) is 61.4 Å². The van der Waals surface area contributed by atoms with Gasteiger partial charge in [-0.15, -0.1) is 0 Å². The summed E-state index contributed by atoms with van der Waals surface area (Å²) in [5, 5.41) is 15.0. The van der Waals surface area contributed by atoms with Gasteiger partial charge in [-0.2, -0.15) is 0 Å². The number of amides is 1. The summed E-state index contributed by atoms with van der Waals surface area (Å²) in [6.45, 7) is 4.99. The van der Waals surface area contributed by atoms with Gasteiger partial charge in [0.05, 0.1) is 13.2 Å². The van der Waals surface area contributed by atoms with E-state index in [1.807, 2.05) is 24.3 Å². The molecule has 0 saturated heterocycles. The second kappa shape index (κ2) is 7.84. The monoisotopic (exact) mass is 250 g/mol. The first kappa shape index (κ1) is 14.7. The Hall–Kier alpha value is -1.39. The molecule has 0 spiro atoms. The van der Waals surface area contributed by atoms with Crippen LogP contribution in [0.3, 0.4) is 0 Å². The molecule has 1 rings (SSSR count). The first-order valence-electron chi connectivity index (χ1n) is 6.34. The maximum Gasteiger partial charge on any atom is 0.234 e. The molecule has 0 heterocycles. The highest BCUT2D eigenvalue weighted by molar-refractivity contribution is 5.78. The van der Waals surface area contributed by atoms with Crippen LogP contribution in [0.1, 0.15) is 31.4 Å². The third-order valence-electron chi connectivity index (χ3n) is 2.89. The van der Waals surface area contributed by atoms with Crippen LogP contribution in [0.15, 0.2) is 24.3 Å². The van der Waals surface area contributed by atoms with Gasteiger partial charge in [-0.05, 0) is 24.5 Å². The molecule has 1 aromatic carbocycles. The van der Waals surface area contributed by atoms with Gasteiger partial charge in [-0.1, -0.05) is 31.2 Å². The zero-order valence-electron chi connectivity index (χ0n) is 11.1. The highest BCUT2D eigenvalue weighted by Gasteiger charge is 2.03. The van der Waals surface area contributed by atoms with Crippen molar-refractivity contribution in [2.75, 3.05) is 6.54 Å². The van der Waals surface area contributed by atoms with Crippen LogP contribution < -0.4 is 10.6 Å². The largest absolute Gasteiger partial charge is 0.392 e. The lowest BCUT2D eigenvalue weighted by Crippen LogP contribution is -2.37. The van der Waals surface area contributed by atoms with Gasteiger partial charge in [-0.25, -0.2) is 0 Å². The number of rotatable bonds is 7. The Morgan fingerprint density at radius 2 is 2.11 bits per heavy atom. The molecule has 0 aromatic heterocycles. The van der Waals surface area contributed by atoms with Crippen molar-refractivity contribution in [1.82, 2.24) is 10.6 Å². The van der Waals surface area contributed by atoms with E-state index < -0.39 is 0 Å². The third-order valence-corrected chi connectivity index (χ3v) is 2.89. The molecule has 4 nitrogen and oxygen atoms in total. The van der Waals surface area contributed by atoms with Gasteiger partial charge in [0.25, 0.3) is 0 Å². The molecule has 100 valence electrons. The van der Waals surface area contributed by atoms with E-state index in [-0.39, 0.29) is 12.5 Å². The van der Waals surface area contributed by atoms with Crippen molar-refractivity contribution in [3.8, 4) is 0 Å². The Morgan fingerprint density at radius 3 is 2.78 bits per heavy atom. The van der Waals surface area contributed by atoms with E-state index in [0.717, 1.165) is 17.5 Å². The maximum atomic E-state index is 11.6. The average molecular weight is 250 g/mol. The summed E-state index contributed by atoms with van der Waals surface area (Å²) in [5.41, 5.74) is 1.86. The summed E-state index contributed by atoms with van der Waals surface area (Å²) >= 11 is 0. The molecular formula is C14H22N2O2. The average Bonchev–Trinajstić information content (AvgIpc) is 2.42. The fourth-order valence-electron chi connectivity index (χ4n) is 1.51. The second-order valence-corrected chi connectivity index (χ2v) is 4.44. The number of aliphatic hydroxyl groups excluding tert-OH is 1. The van der Waals surface area contributed by atoms with Gasteiger partial charge in [0, 0.05) is 12.6 Å². The van der Waals surface area contributed by atoms with Gasteiger partial charge in [0.1, 0.15) is 0 Å². The molecule has 0 bridgehead atoms. The lowest BCUT2D eigenvalue weighted by molar-refractivity contribution is -0.120. The molecule has 18 heavy (non-hydrogen) atoms. The number of carbonyl (C=O) groups excluding carboxylic acids is 1. The number of nitrogens with one attached hydrogen (secondary N) is 2. The standard InChI is InChI=1S/C14H22N2O2/c1-3-11(2)15-9-14(18)16-8-12-5-4-6-13(7-12)10-17/h4-7,11,15,17H,3,8-10H2,1-2H3,(H,16,18). The fourth-order valence-corrected chi connectivity index (χ4v) is 1.51. The van der Waals surface area contributed by atoms with Gasteiger partial charge >= 0.3 is 0 Å². The normalized spacial score (nSPS) is 12.2. The minimum Gasteiger partial charge on any atom is -0.392 e. The van der Waals surface area contributed by atoms with E-state index >= 15 is 0 Å². The Balaban J connectivity index is 2.33.